The summed E-state index contributed by atoms with van der Waals surface area (Å²) in [5.41, 5.74) is 9.49. The molecule has 2 N–H and O–H groups in total. The summed E-state index contributed by atoms with van der Waals surface area (Å²) in [6, 6.07) is 9.01. The van der Waals surface area contributed by atoms with Crippen LogP contribution in [0.25, 0.3) is 0 Å². The van der Waals surface area contributed by atoms with E-state index in [0.717, 1.165) is 31.1 Å². The number of rotatable bonds is 4. The van der Waals surface area contributed by atoms with Crippen molar-refractivity contribution in [2.24, 2.45) is 17.6 Å². The van der Waals surface area contributed by atoms with Gasteiger partial charge < -0.3 is 5.73 Å². The average Bonchev–Trinajstić information content (AvgIpc) is 2.39. The lowest BCUT2D eigenvalue weighted by Crippen LogP contribution is -2.42. The van der Waals surface area contributed by atoms with Gasteiger partial charge in [0.05, 0.1) is 0 Å². The molecular weight excluding hydrogens is 230 g/mol. The first-order chi connectivity index (χ1) is 9.05. The van der Waals surface area contributed by atoms with E-state index < -0.39 is 0 Å². The summed E-state index contributed by atoms with van der Waals surface area (Å²) in [5.74, 6) is 1.54. The van der Waals surface area contributed by atoms with Gasteiger partial charge in [0, 0.05) is 5.54 Å². The van der Waals surface area contributed by atoms with E-state index in [-0.39, 0.29) is 5.54 Å². The first kappa shape index (κ1) is 14.6. The SMILES string of the molecule is CCCc1cccc(C2(N)CCCC(C(C)C)C2)c1. The third kappa shape index (κ3) is 3.39. The fraction of sp³-hybridized carbons (Fsp3) is 0.667. The topological polar surface area (TPSA) is 26.0 Å². The molecule has 2 unspecified atom stereocenters. The van der Waals surface area contributed by atoms with Crippen LogP contribution in [0.4, 0.5) is 0 Å². The molecule has 0 bridgehead atoms. The summed E-state index contributed by atoms with van der Waals surface area (Å²) in [4.78, 5) is 0. The van der Waals surface area contributed by atoms with Crippen molar-refractivity contribution in [3.8, 4) is 0 Å². The Morgan fingerprint density at radius 2 is 2.16 bits per heavy atom. The van der Waals surface area contributed by atoms with Crippen LogP contribution in [0.15, 0.2) is 24.3 Å². The van der Waals surface area contributed by atoms with Crippen molar-refractivity contribution in [2.45, 2.75) is 64.8 Å². The molecular formula is C18H29N. The zero-order chi connectivity index (χ0) is 13.9. The summed E-state index contributed by atoms with van der Waals surface area (Å²) < 4.78 is 0. The van der Waals surface area contributed by atoms with Crippen molar-refractivity contribution in [2.75, 3.05) is 0 Å². The highest BCUT2D eigenvalue weighted by atomic mass is 14.8. The van der Waals surface area contributed by atoms with Crippen LogP contribution in [0, 0.1) is 11.8 Å². The molecule has 0 saturated heterocycles. The quantitative estimate of drug-likeness (QED) is 0.837. The first-order valence-corrected chi connectivity index (χ1v) is 7.93. The second kappa shape index (κ2) is 6.09. The highest BCUT2D eigenvalue weighted by Crippen LogP contribution is 2.40. The zero-order valence-electron chi connectivity index (χ0n) is 12.8. The number of nitrogens with two attached hydrogens (primary N) is 1. The zero-order valence-corrected chi connectivity index (χ0v) is 12.8. The van der Waals surface area contributed by atoms with Gasteiger partial charge in [-0.05, 0) is 42.2 Å². The van der Waals surface area contributed by atoms with Gasteiger partial charge in [0.1, 0.15) is 0 Å². The van der Waals surface area contributed by atoms with Crippen LogP contribution in [0.5, 0.6) is 0 Å². The van der Waals surface area contributed by atoms with Gasteiger partial charge in [0.25, 0.3) is 0 Å². The third-order valence-electron chi connectivity index (χ3n) is 4.81. The predicted molar refractivity (Wildman–Crippen MR) is 83.1 cm³/mol. The Balaban J connectivity index is 2.20. The van der Waals surface area contributed by atoms with Crippen LogP contribution in [0.2, 0.25) is 0 Å². The summed E-state index contributed by atoms with van der Waals surface area (Å²) in [5, 5.41) is 0. The van der Waals surface area contributed by atoms with Gasteiger partial charge in [-0.25, -0.2) is 0 Å². The second-order valence-corrected chi connectivity index (χ2v) is 6.71. The van der Waals surface area contributed by atoms with Gasteiger partial charge in [-0.1, -0.05) is 64.3 Å². The van der Waals surface area contributed by atoms with Gasteiger partial charge in [0.2, 0.25) is 0 Å². The first-order valence-electron chi connectivity index (χ1n) is 7.93. The van der Waals surface area contributed by atoms with Crippen molar-refractivity contribution in [3.05, 3.63) is 35.4 Å². The number of benzene rings is 1. The molecule has 1 aromatic carbocycles. The number of hydrogen-bond acceptors (Lipinski definition) is 1. The molecule has 19 heavy (non-hydrogen) atoms. The Bertz CT molecular complexity index is 410. The molecule has 1 aliphatic carbocycles. The van der Waals surface area contributed by atoms with E-state index in [1.807, 2.05) is 0 Å². The molecule has 1 aliphatic rings. The average molecular weight is 259 g/mol. The maximum absolute atomic E-state index is 6.77. The van der Waals surface area contributed by atoms with E-state index in [1.54, 1.807) is 0 Å². The lowest BCUT2D eigenvalue weighted by Gasteiger charge is -2.40. The molecule has 0 amide bonds. The lowest BCUT2D eigenvalue weighted by atomic mass is 9.69. The van der Waals surface area contributed by atoms with Crippen LogP contribution in [0.3, 0.4) is 0 Å². The maximum Gasteiger partial charge on any atom is 0.0412 e. The molecule has 106 valence electrons. The van der Waals surface area contributed by atoms with E-state index >= 15 is 0 Å². The summed E-state index contributed by atoms with van der Waals surface area (Å²) in [7, 11) is 0. The summed E-state index contributed by atoms with van der Waals surface area (Å²) >= 11 is 0. The fourth-order valence-corrected chi connectivity index (χ4v) is 3.51. The minimum Gasteiger partial charge on any atom is -0.321 e. The van der Waals surface area contributed by atoms with E-state index in [1.165, 1.54) is 30.4 Å². The number of aryl methyl sites for hydroxylation is 1. The smallest absolute Gasteiger partial charge is 0.0412 e. The predicted octanol–water partition coefficient (Wildman–Crippen LogP) is 4.64. The van der Waals surface area contributed by atoms with Gasteiger partial charge in [-0.15, -0.1) is 0 Å². The summed E-state index contributed by atoms with van der Waals surface area (Å²) in [6.07, 6.45) is 7.29. The van der Waals surface area contributed by atoms with Crippen LogP contribution in [0.1, 0.15) is 64.0 Å². The molecule has 1 nitrogen and oxygen atoms in total. The van der Waals surface area contributed by atoms with Crippen molar-refractivity contribution in [1.29, 1.82) is 0 Å². The van der Waals surface area contributed by atoms with Crippen LogP contribution < -0.4 is 5.73 Å². The standard InChI is InChI=1S/C18H29N/c1-4-7-15-8-5-10-17(12-15)18(19)11-6-9-16(13-18)14(2)3/h5,8,10,12,14,16H,4,6-7,9,11,13,19H2,1-3H3. The molecule has 0 aliphatic heterocycles. The lowest BCUT2D eigenvalue weighted by molar-refractivity contribution is 0.184. The third-order valence-corrected chi connectivity index (χ3v) is 4.81. The molecule has 0 radical (unpaired) electrons. The van der Waals surface area contributed by atoms with E-state index in [4.69, 9.17) is 5.73 Å². The summed E-state index contributed by atoms with van der Waals surface area (Å²) in [6.45, 7) is 6.91. The van der Waals surface area contributed by atoms with Crippen molar-refractivity contribution < 1.29 is 0 Å². The molecule has 1 heteroatoms. The van der Waals surface area contributed by atoms with Crippen molar-refractivity contribution in [3.63, 3.8) is 0 Å². The Morgan fingerprint density at radius 1 is 1.37 bits per heavy atom. The minimum absolute atomic E-state index is 0.0864. The second-order valence-electron chi connectivity index (χ2n) is 6.71. The molecule has 0 aromatic heterocycles. The normalized spacial score (nSPS) is 27.7. The highest BCUT2D eigenvalue weighted by molar-refractivity contribution is 5.30. The molecule has 1 aromatic rings. The van der Waals surface area contributed by atoms with Gasteiger partial charge in [-0.3, -0.25) is 0 Å². The molecule has 0 heterocycles. The molecule has 1 fully saturated rings. The van der Waals surface area contributed by atoms with Crippen LogP contribution in [-0.4, -0.2) is 0 Å². The Kier molecular flexibility index (Phi) is 4.67. The number of hydrogen-bond donors (Lipinski definition) is 1. The molecule has 2 atom stereocenters. The van der Waals surface area contributed by atoms with Gasteiger partial charge in [-0.2, -0.15) is 0 Å². The van der Waals surface area contributed by atoms with E-state index in [9.17, 15) is 0 Å². The van der Waals surface area contributed by atoms with Crippen molar-refractivity contribution >= 4 is 0 Å². The Hall–Kier alpha value is -0.820. The minimum atomic E-state index is -0.0864. The monoisotopic (exact) mass is 259 g/mol. The van der Waals surface area contributed by atoms with Gasteiger partial charge >= 0.3 is 0 Å². The van der Waals surface area contributed by atoms with Crippen molar-refractivity contribution in [1.82, 2.24) is 0 Å². The van der Waals surface area contributed by atoms with Crippen LogP contribution in [-0.2, 0) is 12.0 Å². The van der Waals surface area contributed by atoms with Gasteiger partial charge in [0.15, 0.2) is 0 Å². The Labute approximate surface area is 118 Å². The molecule has 0 spiro atoms. The van der Waals surface area contributed by atoms with E-state index in [2.05, 4.69) is 45.0 Å². The van der Waals surface area contributed by atoms with Crippen LogP contribution >= 0.6 is 0 Å². The molecule has 1 saturated carbocycles. The van der Waals surface area contributed by atoms with E-state index in [0.29, 0.717) is 0 Å². The largest absolute Gasteiger partial charge is 0.321 e. The Morgan fingerprint density at radius 3 is 2.84 bits per heavy atom. The fourth-order valence-electron chi connectivity index (χ4n) is 3.51. The highest BCUT2D eigenvalue weighted by Gasteiger charge is 2.35. The molecule has 2 rings (SSSR count). The maximum atomic E-state index is 6.77.